The number of H-pyrrole nitrogens is 1. The Morgan fingerprint density at radius 1 is 0.907 bits per heavy atom. The Kier molecular flexibility index (Phi) is 9.09. The van der Waals surface area contributed by atoms with E-state index < -0.39 is 50.9 Å². The summed E-state index contributed by atoms with van der Waals surface area (Å²) in [5.74, 6) is -0.609. The van der Waals surface area contributed by atoms with Gasteiger partial charge in [-0.15, -0.1) is 0 Å². The molecule has 5 rings (SSSR count). The number of aliphatic hydroxyl groups excluding tert-OH is 1. The molecule has 1 aromatic heterocycles. The summed E-state index contributed by atoms with van der Waals surface area (Å²) in [4.78, 5) is 27.3. The number of ether oxygens (including phenoxy) is 3. The molecule has 1 fully saturated rings. The van der Waals surface area contributed by atoms with Crippen LogP contribution in [0.15, 0.2) is 106 Å². The van der Waals surface area contributed by atoms with Gasteiger partial charge in [-0.3, -0.25) is 14.3 Å². The van der Waals surface area contributed by atoms with Crippen LogP contribution in [0, 0.1) is 13.8 Å². The molecule has 226 valence electrons. The second kappa shape index (κ2) is 12.8. The van der Waals surface area contributed by atoms with Gasteiger partial charge in [-0.05, 0) is 37.1 Å². The number of hydrogen-bond donors (Lipinski definition) is 2. The summed E-state index contributed by atoms with van der Waals surface area (Å²) in [5, 5.41) is 11.7. The molecule has 0 aliphatic carbocycles. The number of benzene rings is 3. The Morgan fingerprint density at radius 3 is 2.14 bits per heavy atom. The van der Waals surface area contributed by atoms with Crippen LogP contribution in [-0.4, -0.2) is 53.2 Å². The molecule has 3 aromatic carbocycles. The molecule has 1 saturated heterocycles. The van der Waals surface area contributed by atoms with Gasteiger partial charge < -0.3 is 19.3 Å². The van der Waals surface area contributed by atoms with E-state index in [2.05, 4.69) is 4.98 Å². The van der Waals surface area contributed by atoms with Crippen molar-refractivity contribution in [3.05, 3.63) is 134 Å². The Hall–Kier alpha value is -3.87. The molecular weight excluding hydrogens is 572 g/mol. The minimum absolute atomic E-state index is 0.0310. The van der Waals surface area contributed by atoms with E-state index in [-0.39, 0.29) is 30.3 Å². The van der Waals surface area contributed by atoms with Crippen molar-refractivity contribution in [2.75, 3.05) is 12.4 Å². The summed E-state index contributed by atoms with van der Waals surface area (Å²) in [7, 11) is -4.03. The Labute approximate surface area is 249 Å². The fraction of sp³-hybridized carbons (Fsp3) is 0.312. The lowest BCUT2D eigenvalue weighted by Crippen LogP contribution is -2.53. The maximum atomic E-state index is 13.9. The Bertz CT molecular complexity index is 1760. The first-order chi connectivity index (χ1) is 20.6. The number of nitrogens with zero attached hydrogens (tertiary/aromatic N) is 1. The van der Waals surface area contributed by atoms with Gasteiger partial charge in [0, 0.05) is 11.8 Å². The zero-order valence-corrected chi connectivity index (χ0v) is 24.7. The zero-order chi connectivity index (χ0) is 30.6. The summed E-state index contributed by atoms with van der Waals surface area (Å²) in [6.07, 6.45) is -2.84. The van der Waals surface area contributed by atoms with E-state index >= 15 is 0 Å². The van der Waals surface area contributed by atoms with Crippen LogP contribution < -0.4 is 11.2 Å². The molecule has 2 N–H and O–H groups in total. The van der Waals surface area contributed by atoms with Gasteiger partial charge in [-0.2, -0.15) is 0 Å². The third-order valence-corrected chi connectivity index (χ3v) is 9.30. The van der Waals surface area contributed by atoms with Crippen molar-refractivity contribution in [1.29, 1.82) is 0 Å². The van der Waals surface area contributed by atoms with E-state index in [9.17, 15) is 23.1 Å². The van der Waals surface area contributed by atoms with Crippen LogP contribution in [-0.2, 0) is 37.3 Å². The monoisotopic (exact) mass is 606 g/mol. The van der Waals surface area contributed by atoms with Gasteiger partial charge >= 0.3 is 5.69 Å². The van der Waals surface area contributed by atoms with Crippen molar-refractivity contribution in [1.82, 2.24) is 9.55 Å². The lowest BCUT2D eigenvalue weighted by Gasteiger charge is -2.34. The maximum Gasteiger partial charge on any atom is 0.330 e. The first kappa shape index (κ1) is 30.6. The van der Waals surface area contributed by atoms with Crippen LogP contribution in [0.1, 0.15) is 28.5 Å². The third kappa shape index (κ3) is 6.87. The number of hydrogen-bond acceptors (Lipinski definition) is 8. The van der Waals surface area contributed by atoms with Gasteiger partial charge in [0.15, 0.2) is 16.1 Å². The zero-order valence-electron chi connectivity index (χ0n) is 23.9. The van der Waals surface area contributed by atoms with Crippen LogP contribution in [0.2, 0.25) is 0 Å². The number of nitrogens with one attached hydrogen (secondary N) is 1. The van der Waals surface area contributed by atoms with Crippen LogP contribution >= 0.6 is 0 Å². The molecule has 0 unspecified atom stereocenters. The number of aliphatic hydroxyl groups is 1. The summed E-state index contributed by atoms with van der Waals surface area (Å²) in [6, 6.07) is 25.0. The minimum Gasteiger partial charge on any atom is -0.386 e. The summed E-state index contributed by atoms with van der Waals surface area (Å²) < 4.78 is 47.6. The number of aryl methyl sites for hydroxylation is 2. The average Bonchev–Trinajstić information content (AvgIpc) is 3.25. The SMILES string of the molecule is Cc1ccc(S(=O)(=O)C[C@]2(COCc3ccccc3)O[C@@H](n3cc(C)c(=O)[nH]c3=O)[C@H](O)[C@@H]2OCc2ccccc2)cc1. The summed E-state index contributed by atoms with van der Waals surface area (Å²) in [6.45, 7) is 3.26. The van der Waals surface area contributed by atoms with Crippen LogP contribution in [0.4, 0.5) is 0 Å². The Morgan fingerprint density at radius 2 is 1.51 bits per heavy atom. The Balaban J connectivity index is 1.57. The van der Waals surface area contributed by atoms with E-state index in [1.54, 1.807) is 12.1 Å². The predicted molar refractivity (Wildman–Crippen MR) is 159 cm³/mol. The van der Waals surface area contributed by atoms with E-state index in [0.717, 1.165) is 21.3 Å². The fourth-order valence-corrected chi connectivity index (χ4v) is 6.86. The largest absolute Gasteiger partial charge is 0.386 e. The van der Waals surface area contributed by atoms with Crippen molar-refractivity contribution >= 4 is 9.84 Å². The van der Waals surface area contributed by atoms with Gasteiger partial charge in [0.2, 0.25) is 0 Å². The third-order valence-electron chi connectivity index (χ3n) is 7.44. The van der Waals surface area contributed by atoms with E-state index in [1.165, 1.54) is 25.3 Å². The topological polar surface area (TPSA) is 137 Å². The van der Waals surface area contributed by atoms with Crippen molar-refractivity contribution < 1.29 is 27.7 Å². The maximum absolute atomic E-state index is 13.9. The standard InChI is InChI=1S/C32H34N2O8S/c1-22-13-15-26(16-14-22)43(38,39)21-32(20-40-18-24-9-5-3-6-10-24)28(41-19-25-11-7-4-8-12-25)27(35)30(42-32)34-17-23(2)29(36)33-31(34)37/h3-17,27-28,30,35H,18-21H2,1-2H3,(H,33,36,37)/t27-,28+,30-,32+/m1/s1. The molecule has 1 aliphatic heterocycles. The summed E-state index contributed by atoms with van der Waals surface area (Å²) >= 11 is 0. The number of sulfone groups is 1. The second-order valence-electron chi connectivity index (χ2n) is 10.8. The summed E-state index contributed by atoms with van der Waals surface area (Å²) in [5.41, 5.74) is -0.402. The van der Waals surface area contributed by atoms with Crippen LogP contribution in [0.25, 0.3) is 0 Å². The molecule has 4 atom stereocenters. The smallest absolute Gasteiger partial charge is 0.330 e. The van der Waals surface area contributed by atoms with Crippen molar-refractivity contribution in [3.8, 4) is 0 Å². The highest BCUT2D eigenvalue weighted by atomic mass is 32.2. The highest BCUT2D eigenvalue weighted by Gasteiger charge is 2.58. The molecule has 10 nitrogen and oxygen atoms in total. The molecule has 11 heteroatoms. The lowest BCUT2D eigenvalue weighted by atomic mass is 9.97. The molecule has 0 radical (unpaired) electrons. The minimum atomic E-state index is -4.03. The van der Waals surface area contributed by atoms with Gasteiger partial charge in [0.25, 0.3) is 5.56 Å². The van der Waals surface area contributed by atoms with Gasteiger partial charge in [-0.1, -0.05) is 78.4 Å². The highest BCUT2D eigenvalue weighted by Crippen LogP contribution is 2.41. The average molecular weight is 607 g/mol. The molecule has 0 spiro atoms. The molecule has 1 aliphatic rings. The number of aromatic amines is 1. The van der Waals surface area contributed by atoms with E-state index in [0.29, 0.717) is 0 Å². The first-order valence-electron chi connectivity index (χ1n) is 13.8. The lowest BCUT2D eigenvalue weighted by molar-refractivity contribution is -0.144. The first-order valence-corrected chi connectivity index (χ1v) is 15.5. The number of aromatic nitrogens is 2. The molecule has 43 heavy (non-hydrogen) atoms. The van der Waals surface area contributed by atoms with E-state index in [4.69, 9.17) is 14.2 Å². The highest BCUT2D eigenvalue weighted by molar-refractivity contribution is 7.91. The van der Waals surface area contributed by atoms with E-state index in [1.807, 2.05) is 67.6 Å². The fourth-order valence-electron chi connectivity index (χ4n) is 5.19. The molecular formula is C32H34N2O8S. The molecule has 0 saturated carbocycles. The molecule has 0 bridgehead atoms. The quantitative estimate of drug-likeness (QED) is 0.266. The van der Waals surface area contributed by atoms with Crippen molar-refractivity contribution in [2.24, 2.45) is 0 Å². The second-order valence-corrected chi connectivity index (χ2v) is 12.8. The van der Waals surface area contributed by atoms with Crippen LogP contribution in [0.5, 0.6) is 0 Å². The van der Waals surface area contributed by atoms with Crippen molar-refractivity contribution in [2.45, 2.75) is 56.0 Å². The number of rotatable bonds is 11. The van der Waals surface area contributed by atoms with Crippen molar-refractivity contribution in [3.63, 3.8) is 0 Å². The molecule has 4 aromatic rings. The molecule has 2 heterocycles. The van der Waals surface area contributed by atoms with Gasteiger partial charge in [-0.25, -0.2) is 13.2 Å². The van der Waals surface area contributed by atoms with Gasteiger partial charge in [0.05, 0.1) is 30.5 Å². The van der Waals surface area contributed by atoms with Gasteiger partial charge in [0.1, 0.15) is 17.8 Å². The van der Waals surface area contributed by atoms with Crippen LogP contribution in [0.3, 0.4) is 0 Å². The molecule has 0 amide bonds. The normalized spacial score (nSPS) is 22.1. The predicted octanol–water partition coefficient (Wildman–Crippen LogP) is 3.06.